The summed E-state index contributed by atoms with van der Waals surface area (Å²) in [6.45, 7) is 6.16. The van der Waals surface area contributed by atoms with Gasteiger partial charge in [0.05, 0.1) is 6.61 Å². The average molecular weight is 662 g/mol. The number of carboxylic acids is 2. The molecule has 2 N–H and O–H groups in total. The van der Waals surface area contributed by atoms with E-state index in [1.165, 1.54) is 9.75 Å². The number of benzene rings is 1. The lowest BCUT2D eigenvalue weighted by Gasteiger charge is -2.42. The molecule has 4 heterocycles. The van der Waals surface area contributed by atoms with E-state index in [1.807, 2.05) is 46.7 Å². The summed E-state index contributed by atoms with van der Waals surface area (Å²) < 4.78 is 69.9. The van der Waals surface area contributed by atoms with Crippen LogP contribution >= 0.6 is 11.3 Å². The van der Waals surface area contributed by atoms with Gasteiger partial charge in [-0.1, -0.05) is 36.4 Å². The highest BCUT2D eigenvalue weighted by Crippen LogP contribution is 2.42. The maximum absolute atomic E-state index is 13.9. The van der Waals surface area contributed by atoms with Crippen LogP contribution in [-0.2, 0) is 32.2 Å². The first-order valence-electron chi connectivity index (χ1n) is 13.3. The molecule has 244 valence electrons. The second-order valence-corrected chi connectivity index (χ2v) is 11.4. The Bertz CT molecular complexity index is 1410. The number of aromatic nitrogens is 1. The van der Waals surface area contributed by atoms with Crippen LogP contribution in [0.15, 0.2) is 67.0 Å². The predicted molar refractivity (Wildman–Crippen MR) is 149 cm³/mol. The second-order valence-electron chi connectivity index (χ2n) is 10.1. The minimum Gasteiger partial charge on any atom is -0.475 e. The zero-order valence-corrected chi connectivity index (χ0v) is 24.5. The molecule has 0 bridgehead atoms. The van der Waals surface area contributed by atoms with Crippen molar-refractivity contribution in [3.8, 4) is 0 Å². The Morgan fingerprint density at radius 3 is 2.11 bits per heavy atom. The van der Waals surface area contributed by atoms with Gasteiger partial charge in [0, 0.05) is 60.8 Å². The molecule has 0 radical (unpaired) electrons. The van der Waals surface area contributed by atoms with E-state index in [4.69, 9.17) is 24.5 Å². The quantitative estimate of drug-likeness (QED) is 0.362. The number of carbonyl (C=O) groups is 3. The number of nitrogens with zero attached hydrogens (tertiary/aromatic N) is 3. The van der Waals surface area contributed by atoms with Gasteiger partial charge in [-0.3, -0.25) is 14.7 Å². The van der Waals surface area contributed by atoms with Crippen LogP contribution in [0.1, 0.15) is 26.8 Å². The molecule has 0 saturated carbocycles. The molecule has 1 spiro atoms. The van der Waals surface area contributed by atoms with Gasteiger partial charge in [-0.2, -0.15) is 26.3 Å². The number of morpholine rings is 1. The van der Waals surface area contributed by atoms with Crippen LogP contribution in [0.5, 0.6) is 0 Å². The number of alkyl halides is 6. The fourth-order valence-corrected chi connectivity index (χ4v) is 5.80. The Morgan fingerprint density at radius 2 is 1.60 bits per heavy atom. The molecule has 45 heavy (non-hydrogen) atoms. The highest BCUT2D eigenvalue weighted by Gasteiger charge is 2.57. The number of thiophene rings is 1. The van der Waals surface area contributed by atoms with Crippen LogP contribution in [0.4, 0.5) is 26.3 Å². The van der Waals surface area contributed by atoms with Crippen LogP contribution < -0.4 is 0 Å². The Kier molecular flexibility index (Phi) is 11.7. The van der Waals surface area contributed by atoms with Gasteiger partial charge in [0.25, 0.3) is 5.91 Å². The van der Waals surface area contributed by atoms with E-state index in [-0.39, 0.29) is 11.8 Å². The van der Waals surface area contributed by atoms with Gasteiger partial charge in [0.1, 0.15) is 0 Å². The number of hydrogen-bond acceptors (Lipinski definition) is 7. The number of likely N-dealkylation sites (tertiary alicyclic amines) is 1. The molecule has 2 aromatic heterocycles. The first kappa shape index (κ1) is 35.5. The van der Waals surface area contributed by atoms with Crippen LogP contribution in [0.25, 0.3) is 0 Å². The first-order valence-corrected chi connectivity index (χ1v) is 14.1. The van der Waals surface area contributed by atoms with E-state index in [0.29, 0.717) is 26.2 Å². The summed E-state index contributed by atoms with van der Waals surface area (Å²) in [6.07, 6.45) is -6.50. The number of aryl methyl sites for hydroxylation is 1. The SMILES string of the molecule is Cc1ccc(CN2CC(c3cccnc3)C3(C2)OCCN(Cc2ccccc2)C3=O)s1.O=C(O)C(F)(F)F.O=C(O)C(F)(F)F. The Balaban J connectivity index is 0.000000331. The van der Waals surface area contributed by atoms with Gasteiger partial charge in [-0.25, -0.2) is 9.59 Å². The Hall–Kier alpha value is -4.02. The molecule has 1 aromatic carbocycles. The molecule has 2 aliphatic heterocycles. The number of carbonyl (C=O) groups excluding carboxylic acids is 1. The highest BCUT2D eigenvalue weighted by molar-refractivity contribution is 7.11. The molecule has 2 aliphatic rings. The van der Waals surface area contributed by atoms with Crippen molar-refractivity contribution >= 4 is 29.2 Å². The van der Waals surface area contributed by atoms with Gasteiger partial charge in [0.2, 0.25) is 0 Å². The van der Waals surface area contributed by atoms with Gasteiger partial charge in [-0.15, -0.1) is 11.3 Å². The first-order chi connectivity index (χ1) is 21.0. The third kappa shape index (κ3) is 9.73. The predicted octanol–water partition coefficient (Wildman–Crippen LogP) is 5.12. The number of ether oxygens (including phenoxy) is 1. The second kappa shape index (κ2) is 14.8. The van der Waals surface area contributed by atoms with Crippen molar-refractivity contribution < 1.29 is 55.7 Å². The molecule has 0 aliphatic carbocycles. The monoisotopic (exact) mass is 661 g/mol. The fraction of sp³-hybridized carbons (Fsp3) is 0.379. The van der Waals surface area contributed by atoms with Crippen LogP contribution in [0.2, 0.25) is 0 Å². The number of aliphatic carboxylic acids is 2. The van der Waals surface area contributed by atoms with E-state index in [2.05, 4.69) is 47.1 Å². The van der Waals surface area contributed by atoms with E-state index < -0.39 is 29.9 Å². The van der Waals surface area contributed by atoms with Gasteiger partial charge in [-0.05, 0) is 36.2 Å². The number of rotatable bonds is 5. The molecular weight excluding hydrogens is 632 g/mol. The van der Waals surface area contributed by atoms with Crippen molar-refractivity contribution in [2.24, 2.45) is 0 Å². The molecule has 9 nitrogen and oxygen atoms in total. The fourth-order valence-electron chi connectivity index (χ4n) is 4.87. The lowest BCUT2D eigenvalue weighted by molar-refractivity contribution is -0.193. The van der Waals surface area contributed by atoms with E-state index >= 15 is 0 Å². The molecular formula is C29H29F6N3O6S. The molecule has 2 saturated heterocycles. The van der Waals surface area contributed by atoms with Crippen molar-refractivity contribution in [1.29, 1.82) is 0 Å². The molecule has 1 amide bonds. The number of amides is 1. The lowest BCUT2D eigenvalue weighted by Crippen LogP contribution is -2.59. The standard InChI is InChI=1S/C25H27N3O2S.2C2HF3O2/c1-19-9-10-22(31-19)16-27-17-23(21-8-5-11-26-14-21)25(18-27)24(29)28(12-13-30-25)15-20-6-3-2-4-7-20;2*3-2(4,5)1(6)7/h2-11,14,23H,12-13,15-18H2,1H3;2*(H,6,7). The van der Waals surface area contributed by atoms with E-state index in [1.54, 1.807) is 6.20 Å². The zero-order valence-electron chi connectivity index (χ0n) is 23.7. The molecule has 2 fully saturated rings. The third-order valence-corrected chi connectivity index (χ3v) is 7.78. The zero-order chi connectivity index (χ0) is 33.4. The van der Waals surface area contributed by atoms with E-state index in [0.717, 1.165) is 24.2 Å². The largest absolute Gasteiger partial charge is 0.490 e. The van der Waals surface area contributed by atoms with E-state index in [9.17, 15) is 31.1 Å². The normalized spacial score (nSPS) is 20.2. The molecule has 5 rings (SSSR count). The summed E-state index contributed by atoms with van der Waals surface area (Å²) in [5.74, 6) is -5.45. The maximum atomic E-state index is 13.9. The lowest BCUT2D eigenvalue weighted by atomic mass is 9.83. The molecule has 2 unspecified atom stereocenters. The van der Waals surface area contributed by atoms with Crippen molar-refractivity contribution in [3.63, 3.8) is 0 Å². The summed E-state index contributed by atoms with van der Waals surface area (Å²) in [5.41, 5.74) is 1.36. The summed E-state index contributed by atoms with van der Waals surface area (Å²) in [6, 6.07) is 18.6. The van der Waals surface area contributed by atoms with Crippen LogP contribution in [0.3, 0.4) is 0 Å². The van der Waals surface area contributed by atoms with Crippen molar-refractivity contribution in [2.45, 2.75) is 43.9 Å². The van der Waals surface area contributed by atoms with Crippen molar-refractivity contribution in [3.05, 3.63) is 87.9 Å². The van der Waals surface area contributed by atoms with Gasteiger partial charge < -0.3 is 19.8 Å². The minimum atomic E-state index is -5.08. The van der Waals surface area contributed by atoms with Crippen LogP contribution in [0, 0.1) is 6.92 Å². The van der Waals surface area contributed by atoms with Crippen LogP contribution in [-0.4, -0.2) is 87.0 Å². The Morgan fingerprint density at radius 1 is 0.978 bits per heavy atom. The number of halogens is 6. The number of hydrogen-bond donors (Lipinski definition) is 2. The maximum Gasteiger partial charge on any atom is 0.490 e. The van der Waals surface area contributed by atoms with Crippen molar-refractivity contribution in [2.75, 3.05) is 26.2 Å². The number of carboxylic acid groups (broad SMARTS) is 2. The number of pyridine rings is 1. The van der Waals surface area contributed by atoms with Gasteiger partial charge in [0.15, 0.2) is 5.60 Å². The smallest absolute Gasteiger partial charge is 0.475 e. The van der Waals surface area contributed by atoms with Crippen molar-refractivity contribution in [1.82, 2.24) is 14.8 Å². The Labute approximate surface area is 257 Å². The molecule has 16 heteroatoms. The molecule has 3 aromatic rings. The summed E-state index contributed by atoms with van der Waals surface area (Å²) >= 11 is 1.82. The highest BCUT2D eigenvalue weighted by atomic mass is 32.1. The summed E-state index contributed by atoms with van der Waals surface area (Å²) in [4.78, 5) is 43.0. The summed E-state index contributed by atoms with van der Waals surface area (Å²) in [7, 11) is 0. The summed E-state index contributed by atoms with van der Waals surface area (Å²) in [5, 5.41) is 14.2. The third-order valence-electron chi connectivity index (χ3n) is 6.80. The minimum absolute atomic E-state index is 0.0340. The topological polar surface area (TPSA) is 120 Å². The average Bonchev–Trinajstić information content (AvgIpc) is 3.55. The van der Waals surface area contributed by atoms with Gasteiger partial charge >= 0.3 is 24.3 Å². The molecule has 2 atom stereocenters.